The second-order valence-electron chi connectivity index (χ2n) is 5.96. The summed E-state index contributed by atoms with van der Waals surface area (Å²) >= 11 is 0. The molecule has 1 unspecified atom stereocenters. The van der Waals surface area contributed by atoms with Gasteiger partial charge in [0.05, 0.1) is 19.8 Å². The predicted molar refractivity (Wildman–Crippen MR) is 105 cm³/mol. The highest BCUT2D eigenvalue weighted by molar-refractivity contribution is 14.0. The Bertz CT molecular complexity index is 294. The van der Waals surface area contributed by atoms with Gasteiger partial charge in [0.15, 0.2) is 5.96 Å². The Hall–Kier alpha value is -0.0800. The monoisotopic (exact) mass is 426 g/mol. The van der Waals surface area contributed by atoms with Gasteiger partial charge >= 0.3 is 0 Å². The Labute approximate surface area is 153 Å². The molecule has 2 N–H and O–H groups in total. The van der Waals surface area contributed by atoms with Crippen molar-refractivity contribution < 1.29 is 4.74 Å². The highest BCUT2D eigenvalue weighted by Crippen LogP contribution is 2.13. The standard InChI is InChI=1S/C16H34N4O.HI/c1-5-7-8-18-16(17-6-2)19-13-15(14(3)4)20-9-11-21-12-10-20;/h14-15H,5-13H2,1-4H3,(H2,17,18,19);1H. The summed E-state index contributed by atoms with van der Waals surface area (Å²) in [6.07, 6.45) is 2.39. The van der Waals surface area contributed by atoms with Crippen LogP contribution in [-0.4, -0.2) is 62.8 Å². The number of ether oxygens (including phenoxy) is 1. The predicted octanol–water partition coefficient (Wildman–Crippen LogP) is 2.32. The minimum absolute atomic E-state index is 0. The van der Waals surface area contributed by atoms with Gasteiger partial charge in [-0.3, -0.25) is 9.89 Å². The third-order valence-corrected chi connectivity index (χ3v) is 3.89. The molecule has 5 nitrogen and oxygen atoms in total. The molecule has 0 bridgehead atoms. The van der Waals surface area contributed by atoms with E-state index in [9.17, 15) is 0 Å². The third kappa shape index (κ3) is 8.53. The van der Waals surface area contributed by atoms with Crippen LogP contribution in [0.25, 0.3) is 0 Å². The lowest BCUT2D eigenvalue weighted by Crippen LogP contribution is -2.48. The van der Waals surface area contributed by atoms with E-state index in [-0.39, 0.29) is 24.0 Å². The van der Waals surface area contributed by atoms with Gasteiger partial charge in [0, 0.05) is 32.2 Å². The van der Waals surface area contributed by atoms with Crippen molar-refractivity contribution >= 4 is 29.9 Å². The maximum Gasteiger partial charge on any atom is 0.191 e. The second-order valence-corrected chi connectivity index (χ2v) is 5.96. The van der Waals surface area contributed by atoms with E-state index in [1.165, 1.54) is 12.8 Å². The van der Waals surface area contributed by atoms with E-state index >= 15 is 0 Å². The summed E-state index contributed by atoms with van der Waals surface area (Å²) in [5.74, 6) is 1.55. The van der Waals surface area contributed by atoms with Crippen LogP contribution in [0.1, 0.15) is 40.5 Å². The number of guanidine groups is 1. The van der Waals surface area contributed by atoms with Gasteiger partial charge in [0.25, 0.3) is 0 Å². The Morgan fingerprint density at radius 1 is 1.18 bits per heavy atom. The lowest BCUT2D eigenvalue weighted by atomic mass is 10.0. The van der Waals surface area contributed by atoms with E-state index in [0.29, 0.717) is 12.0 Å². The minimum atomic E-state index is 0. The largest absolute Gasteiger partial charge is 0.379 e. The highest BCUT2D eigenvalue weighted by atomic mass is 127. The van der Waals surface area contributed by atoms with Gasteiger partial charge in [-0.15, -0.1) is 24.0 Å². The van der Waals surface area contributed by atoms with Crippen LogP contribution >= 0.6 is 24.0 Å². The number of nitrogens with one attached hydrogen (secondary N) is 2. The maximum absolute atomic E-state index is 5.46. The molecule has 6 heteroatoms. The van der Waals surface area contributed by atoms with Crippen LogP contribution in [0.5, 0.6) is 0 Å². The molecule has 0 aromatic carbocycles. The first-order valence-corrected chi connectivity index (χ1v) is 8.53. The summed E-state index contributed by atoms with van der Waals surface area (Å²) < 4.78 is 5.46. The Kier molecular flexibility index (Phi) is 13.3. The lowest BCUT2D eigenvalue weighted by Gasteiger charge is -2.36. The molecule has 0 spiro atoms. The molecule has 1 aliphatic rings. The van der Waals surface area contributed by atoms with Gasteiger partial charge in [-0.05, 0) is 19.3 Å². The maximum atomic E-state index is 5.46. The number of rotatable bonds is 8. The van der Waals surface area contributed by atoms with E-state index in [1.54, 1.807) is 0 Å². The first kappa shape index (κ1) is 21.9. The van der Waals surface area contributed by atoms with Crippen molar-refractivity contribution in [2.45, 2.75) is 46.6 Å². The normalized spacial score (nSPS) is 18.0. The molecule has 0 aromatic rings. The van der Waals surface area contributed by atoms with E-state index in [1.807, 2.05) is 0 Å². The van der Waals surface area contributed by atoms with Crippen LogP contribution in [0, 0.1) is 5.92 Å². The van der Waals surface area contributed by atoms with Gasteiger partial charge in [0.2, 0.25) is 0 Å². The summed E-state index contributed by atoms with van der Waals surface area (Å²) in [7, 11) is 0. The highest BCUT2D eigenvalue weighted by Gasteiger charge is 2.23. The molecule has 0 radical (unpaired) electrons. The summed E-state index contributed by atoms with van der Waals surface area (Å²) in [5.41, 5.74) is 0. The molecule has 0 aliphatic carbocycles. The fourth-order valence-electron chi connectivity index (χ4n) is 2.57. The van der Waals surface area contributed by atoms with Gasteiger partial charge < -0.3 is 15.4 Å². The minimum Gasteiger partial charge on any atom is -0.379 e. The van der Waals surface area contributed by atoms with Gasteiger partial charge in [-0.1, -0.05) is 27.2 Å². The van der Waals surface area contributed by atoms with Crippen molar-refractivity contribution in [3.05, 3.63) is 0 Å². The van der Waals surface area contributed by atoms with Crippen LogP contribution in [0.2, 0.25) is 0 Å². The van der Waals surface area contributed by atoms with Crippen molar-refractivity contribution in [3.63, 3.8) is 0 Å². The molecule has 0 aromatic heterocycles. The number of hydrogen-bond acceptors (Lipinski definition) is 3. The van der Waals surface area contributed by atoms with Crippen molar-refractivity contribution in [2.24, 2.45) is 10.9 Å². The zero-order chi connectivity index (χ0) is 15.5. The first-order chi connectivity index (χ1) is 10.2. The van der Waals surface area contributed by atoms with E-state index in [0.717, 1.165) is 51.9 Å². The molecule has 1 heterocycles. The molecule has 132 valence electrons. The van der Waals surface area contributed by atoms with Gasteiger partial charge in [-0.2, -0.15) is 0 Å². The summed E-state index contributed by atoms with van der Waals surface area (Å²) in [5, 5.41) is 6.75. The Balaban J connectivity index is 0.00000441. The van der Waals surface area contributed by atoms with Crippen molar-refractivity contribution in [1.82, 2.24) is 15.5 Å². The van der Waals surface area contributed by atoms with Crippen LogP contribution in [0.4, 0.5) is 0 Å². The number of halogens is 1. The van der Waals surface area contributed by atoms with Crippen LogP contribution < -0.4 is 10.6 Å². The topological polar surface area (TPSA) is 48.9 Å². The SMILES string of the molecule is CCCCNC(=NCC(C(C)C)N1CCOCC1)NCC.I. The molecule has 1 aliphatic heterocycles. The number of morpholine rings is 1. The van der Waals surface area contributed by atoms with Gasteiger partial charge in [-0.25, -0.2) is 0 Å². The third-order valence-electron chi connectivity index (χ3n) is 3.89. The van der Waals surface area contributed by atoms with Crippen molar-refractivity contribution in [1.29, 1.82) is 0 Å². The van der Waals surface area contributed by atoms with E-state index in [4.69, 9.17) is 9.73 Å². The molecule has 1 saturated heterocycles. The fraction of sp³-hybridized carbons (Fsp3) is 0.938. The zero-order valence-electron chi connectivity index (χ0n) is 14.7. The Morgan fingerprint density at radius 3 is 2.41 bits per heavy atom. The van der Waals surface area contributed by atoms with E-state index in [2.05, 4.69) is 43.2 Å². The molecule has 0 amide bonds. The lowest BCUT2D eigenvalue weighted by molar-refractivity contribution is 0.00867. The number of hydrogen-bond donors (Lipinski definition) is 2. The smallest absolute Gasteiger partial charge is 0.191 e. The quantitative estimate of drug-likeness (QED) is 0.271. The van der Waals surface area contributed by atoms with Crippen molar-refractivity contribution in [3.8, 4) is 0 Å². The molecule has 1 fully saturated rings. The Morgan fingerprint density at radius 2 is 1.86 bits per heavy atom. The van der Waals surface area contributed by atoms with Crippen LogP contribution in [0.3, 0.4) is 0 Å². The molecule has 0 saturated carbocycles. The zero-order valence-corrected chi connectivity index (χ0v) is 17.1. The molecular weight excluding hydrogens is 391 g/mol. The number of nitrogens with zero attached hydrogens (tertiary/aromatic N) is 2. The average molecular weight is 426 g/mol. The summed E-state index contributed by atoms with van der Waals surface area (Å²) in [6, 6.07) is 0.496. The number of aliphatic imine (C=N–C) groups is 1. The second kappa shape index (κ2) is 13.4. The van der Waals surface area contributed by atoms with Crippen LogP contribution in [-0.2, 0) is 4.74 Å². The fourth-order valence-corrected chi connectivity index (χ4v) is 2.57. The summed E-state index contributed by atoms with van der Waals surface area (Å²) in [4.78, 5) is 7.32. The molecule has 22 heavy (non-hydrogen) atoms. The average Bonchev–Trinajstić information content (AvgIpc) is 2.48. The van der Waals surface area contributed by atoms with Crippen LogP contribution in [0.15, 0.2) is 4.99 Å². The summed E-state index contributed by atoms with van der Waals surface area (Å²) in [6.45, 7) is 15.4. The van der Waals surface area contributed by atoms with Crippen molar-refractivity contribution in [2.75, 3.05) is 45.9 Å². The molecule has 1 atom stereocenters. The molecular formula is C16H35IN4O. The molecule has 1 rings (SSSR count). The van der Waals surface area contributed by atoms with E-state index < -0.39 is 0 Å². The number of unbranched alkanes of at least 4 members (excludes halogenated alkanes) is 1. The first-order valence-electron chi connectivity index (χ1n) is 8.53. The van der Waals surface area contributed by atoms with Gasteiger partial charge in [0.1, 0.15) is 0 Å².